The number of hydrogen-bond acceptors (Lipinski definition) is 5. The Kier molecular flexibility index (Phi) is 4.48. The average molecular weight is 290 g/mol. The van der Waals surface area contributed by atoms with Crippen molar-refractivity contribution < 1.29 is 9.53 Å². The number of likely N-dealkylation sites (tertiary alicyclic amines) is 1. The van der Waals surface area contributed by atoms with Crippen LogP contribution in [0.1, 0.15) is 5.56 Å². The van der Waals surface area contributed by atoms with Crippen LogP contribution in [0.2, 0.25) is 0 Å². The van der Waals surface area contributed by atoms with Crippen molar-refractivity contribution in [3.05, 3.63) is 30.1 Å². The van der Waals surface area contributed by atoms with Crippen LogP contribution in [-0.4, -0.2) is 72.7 Å². The lowest BCUT2D eigenvalue weighted by atomic mass is 10.1. The van der Waals surface area contributed by atoms with Gasteiger partial charge in [-0.3, -0.25) is 19.6 Å². The maximum Gasteiger partial charge on any atom is 0.233 e. The second-order valence-electron chi connectivity index (χ2n) is 5.68. The molecule has 1 aromatic rings. The van der Waals surface area contributed by atoms with E-state index in [9.17, 15) is 4.79 Å². The average Bonchev–Trinajstić information content (AvgIpc) is 2.91. The topological polar surface area (TPSA) is 57.7 Å². The smallest absolute Gasteiger partial charge is 0.233 e. The zero-order valence-electron chi connectivity index (χ0n) is 12.4. The van der Waals surface area contributed by atoms with Gasteiger partial charge in [0.2, 0.25) is 5.91 Å². The number of aromatic nitrogens is 1. The van der Waals surface area contributed by atoms with E-state index in [1.165, 1.54) is 5.56 Å². The van der Waals surface area contributed by atoms with Gasteiger partial charge in [-0.15, -0.1) is 0 Å². The predicted molar refractivity (Wildman–Crippen MR) is 78.7 cm³/mol. The number of carbonyl (C=O) groups is 1. The molecule has 114 valence electrons. The highest BCUT2D eigenvalue weighted by molar-refractivity contribution is 5.77. The second-order valence-corrected chi connectivity index (χ2v) is 5.68. The fourth-order valence-electron chi connectivity index (χ4n) is 3.17. The molecule has 0 saturated carbocycles. The molecule has 6 nitrogen and oxygen atoms in total. The van der Waals surface area contributed by atoms with Crippen molar-refractivity contribution in [3.63, 3.8) is 0 Å². The van der Waals surface area contributed by atoms with Gasteiger partial charge in [0.25, 0.3) is 0 Å². The fourth-order valence-corrected chi connectivity index (χ4v) is 3.17. The van der Waals surface area contributed by atoms with Crippen molar-refractivity contribution in [2.24, 2.45) is 0 Å². The van der Waals surface area contributed by atoms with Gasteiger partial charge in [0, 0.05) is 45.6 Å². The van der Waals surface area contributed by atoms with Crippen LogP contribution in [0, 0.1) is 0 Å². The van der Waals surface area contributed by atoms with Gasteiger partial charge < -0.3 is 10.1 Å². The predicted octanol–water partition coefficient (Wildman–Crippen LogP) is -0.287. The molecule has 21 heavy (non-hydrogen) atoms. The van der Waals surface area contributed by atoms with E-state index in [-0.39, 0.29) is 12.0 Å². The van der Waals surface area contributed by atoms with E-state index < -0.39 is 0 Å². The highest BCUT2D eigenvalue weighted by Gasteiger charge is 2.40. The molecule has 3 heterocycles. The number of nitrogens with one attached hydrogen (secondary N) is 1. The van der Waals surface area contributed by atoms with Gasteiger partial charge in [0.05, 0.1) is 25.3 Å². The largest absolute Gasteiger partial charge is 0.374 e. The molecule has 2 aliphatic rings. The first-order valence-electron chi connectivity index (χ1n) is 7.44. The van der Waals surface area contributed by atoms with Gasteiger partial charge in [-0.25, -0.2) is 0 Å². The zero-order valence-corrected chi connectivity index (χ0v) is 12.4. The van der Waals surface area contributed by atoms with Gasteiger partial charge in [0.1, 0.15) is 0 Å². The summed E-state index contributed by atoms with van der Waals surface area (Å²) in [5.74, 6) is 0.0707. The number of amides is 1. The Morgan fingerprint density at radius 1 is 1.52 bits per heavy atom. The maximum atomic E-state index is 11.6. The van der Waals surface area contributed by atoms with Crippen molar-refractivity contribution in [2.75, 3.05) is 39.8 Å². The third-order valence-electron chi connectivity index (χ3n) is 4.25. The molecule has 1 amide bonds. The summed E-state index contributed by atoms with van der Waals surface area (Å²) in [7, 11) is 1.68. The van der Waals surface area contributed by atoms with Crippen molar-refractivity contribution in [3.8, 4) is 0 Å². The SMILES string of the molecule is CNC(=O)CN1CCO[C@H]2CN(Cc3cccnc3)C[C@H]21. The number of hydrogen-bond donors (Lipinski definition) is 1. The molecule has 1 N–H and O–H groups in total. The summed E-state index contributed by atoms with van der Waals surface area (Å²) < 4.78 is 5.88. The molecule has 6 heteroatoms. The quantitative estimate of drug-likeness (QED) is 0.826. The molecule has 0 aromatic carbocycles. The Labute approximate surface area is 125 Å². The molecule has 1 aromatic heterocycles. The van der Waals surface area contributed by atoms with Gasteiger partial charge in [-0.1, -0.05) is 6.07 Å². The van der Waals surface area contributed by atoms with E-state index in [0.717, 1.165) is 26.2 Å². The second kappa shape index (κ2) is 6.51. The van der Waals surface area contributed by atoms with Gasteiger partial charge in [0.15, 0.2) is 0 Å². The van der Waals surface area contributed by atoms with E-state index in [4.69, 9.17) is 4.74 Å². The maximum absolute atomic E-state index is 11.6. The molecular formula is C15H22N4O2. The first kappa shape index (κ1) is 14.4. The Hall–Kier alpha value is -1.50. The summed E-state index contributed by atoms with van der Waals surface area (Å²) >= 11 is 0. The lowest BCUT2D eigenvalue weighted by Crippen LogP contribution is -2.53. The Morgan fingerprint density at radius 2 is 2.43 bits per heavy atom. The number of carbonyl (C=O) groups excluding carboxylic acids is 1. The van der Waals surface area contributed by atoms with E-state index in [1.54, 1.807) is 13.2 Å². The summed E-state index contributed by atoms with van der Waals surface area (Å²) in [6.07, 6.45) is 3.91. The van der Waals surface area contributed by atoms with E-state index >= 15 is 0 Å². The Balaban J connectivity index is 1.61. The van der Waals surface area contributed by atoms with Crippen LogP contribution in [0.25, 0.3) is 0 Å². The number of pyridine rings is 1. The molecule has 2 fully saturated rings. The number of nitrogens with zero attached hydrogens (tertiary/aromatic N) is 3. The third-order valence-corrected chi connectivity index (χ3v) is 4.25. The fraction of sp³-hybridized carbons (Fsp3) is 0.600. The third kappa shape index (κ3) is 3.40. The minimum absolute atomic E-state index is 0.0707. The molecule has 0 aliphatic carbocycles. The monoisotopic (exact) mass is 290 g/mol. The summed E-state index contributed by atoms with van der Waals surface area (Å²) in [5.41, 5.74) is 1.22. The lowest BCUT2D eigenvalue weighted by Gasteiger charge is -2.36. The molecule has 0 spiro atoms. The number of ether oxygens (including phenoxy) is 1. The summed E-state index contributed by atoms with van der Waals surface area (Å²) in [6.45, 7) is 4.74. The van der Waals surface area contributed by atoms with Crippen molar-refractivity contribution in [1.82, 2.24) is 20.1 Å². The van der Waals surface area contributed by atoms with Gasteiger partial charge in [-0.05, 0) is 11.6 Å². The summed E-state index contributed by atoms with van der Waals surface area (Å²) in [6, 6.07) is 4.37. The summed E-state index contributed by atoms with van der Waals surface area (Å²) in [5, 5.41) is 2.70. The van der Waals surface area contributed by atoms with Crippen molar-refractivity contribution in [1.29, 1.82) is 0 Å². The zero-order chi connectivity index (χ0) is 14.7. The molecule has 0 unspecified atom stereocenters. The first-order chi connectivity index (χ1) is 10.3. The van der Waals surface area contributed by atoms with Crippen LogP contribution in [0.4, 0.5) is 0 Å². The number of likely N-dealkylation sites (N-methyl/N-ethyl adjacent to an activating group) is 1. The standard InChI is InChI=1S/C15H22N4O2/c1-16-15(20)11-19-5-6-21-14-10-18(9-13(14)19)8-12-3-2-4-17-7-12/h2-4,7,13-14H,5-6,8-11H2,1H3,(H,16,20)/t13-,14+/m1/s1. The molecule has 0 bridgehead atoms. The lowest BCUT2D eigenvalue weighted by molar-refractivity contribution is -0.125. The van der Waals surface area contributed by atoms with Crippen LogP contribution in [0.3, 0.4) is 0 Å². The van der Waals surface area contributed by atoms with Gasteiger partial charge >= 0.3 is 0 Å². The molecule has 2 atom stereocenters. The highest BCUT2D eigenvalue weighted by Crippen LogP contribution is 2.23. The summed E-state index contributed by atoms with van der Waals surface area (Å²) in [4.78, 5) is 20.4. The number of rotatable bonds is 4. The van der Waals surface area contributed by atoms with Crippen LogP contribution in [0.15, 0.2) is 24.5 Å². The van der Waals surface area contributed by atoms with E-state index in [0.29, 0.717) is 19.2 Å². The van der Waals surface area contributed by atoms with Crippen LogP contribution >= 0.6 is 0 Å². The molecule has 2 saturated heterocycles. The molecule has 0 radical (unpaired) electrons. The van der Waals surface area contributed by atoms with Crippen LogP contribution < -0.4 is 5.32 Å². The van der Waals surface area contributed by atoms with E-state index in [1.807, 2.05) is 12.3 Å². The van der Waals surface area contributed by atoms with Crippen LogP contribution in [-0.2, 0) is 16.1 Å². The number of morpholine rings is 1. The Bertz CT molecular complexity index is 482. The normalized spacial score (nSPS) is 26.5. The Morgan fingerprint density at radius 3 is 3.19 bits per heavy atom. The molecule has 2 aliphatic heterocycles. The molecular weight excluding hydrogens is 268 g/mol. The van der Waals surface area contributed by atoms with Crippen LogP contribution in [0.5, 0.6) is 0 Å². The van der Waals surface area contributed by atoms with Crippen molar-refractivity contribution >= 4 is 5.91 Å². The first-order valence-corrected chi connectivity index (χ1v) is 7.44. The molecule has 3 rings (SSSR count). The highest BCUT2D eigenvalue weighted by atomic mass is 16.5. The number of fused-ring (bicyclic) bond motifs is 1. The van der Waals surface area contributed by atoms with Crippen molar-refractivity contribution in [2.45, 2.75) is 18.7 Å². The minimum Gasteiger partial charge on any atom is -0.374 e. The van der Waals surface area contributed by atoms with Gasteiger partial charge in [-0.2, -0.15) is 0 Å². The minimum atomic E-state index is 0.0707. The van der Waals surface area contributed by atoms with E-state index in [2.05, 4.69) is 26.2 Å².